The summed E-state index contributed by atoms with van der Waals surface area (Å²) in [6.45, 7) is 2.08. The maximum atomic E-state index is 12.1. The Kier molecular flexibility index (Phi) is 6.73. The van der Waals surface area contributed by atoms with Crippen LogP contribution in [0.2, 0.25) is 0 Å². The number of hydrogen-bond donors (Lipinski definition) is 2. The lowest BCUT2D eigenvalue weighted by atomic mass is 10.1. The molecule has 0 aliphatic carbocycles. The van der Waals surface area contributed by atoms with Crippen LogP contribution in [0.15, 0.2) is 47.4 Å². The molecule has 0 atom stereocenters. The summed E-state index contributed by atoms with van der Waals surface area (Å²) in [5, 5.41) is 7.96. The Labute approximate surface area is 170 Å². The molecule has 1 heterocycles. The molecule has 0 spiro atoms. The number of nitrogens with zero attached hydrogens (tertiary/aromatic N) is 1. The van der Waals surface area contributed by atoms with Crippen molar-refractivity contribution in [2.75, 3.05) is 26.9 Å². The van der Waals surface area contributed by atoms with E-state index in [-0.39, 0.29) is 17.6 Å². The fourth-order valence-electron chi connectivity index (χ4n) is 3.00. The summed E-state index contributed by atoms with van der Waals surface area (Å²) >= 11 is 0. The predicted octanol–water partition coefficient (Wildman–Crippen LogP) is 1.24. The van der Waals surface area contributed by atoms with Gasteiger partial charge in [-0.05, 0) is 48.9 Å². The summed E-state index contributed by atoms with van der Waals surface area (Å²) in [7, 11) is -1.72. The number of fused-ring (bicyclic) bond motifs is 1. The highest BCUT2D eigenvalue weighted by atomic mass is 32.2. The van der Waals surface area contributed by atoms with E-state index in [0.29, 0.717) is 32.5 Å². The third-order valence-corrected chi connectivity index (χ3v) is 5.53. The van der Waals surface area contributed by atoms with Gasteiger partial charge < -0.3 is 19.7 Å². The SMILES string of the molecule is CN(CCC(=O)NCCc1ccc(S(N)(=O)=O)cc1)Cc1ccc2c(c1)OCO2. The van der Waals surface area contributed by atoms with E-state index >= 15 is 0 Å². The molecular formula is C20H25N3O5S. The molecule has 0 saturated heterocycles. The number of primary sulfonamides is 1. The lowest BCUT2D eigenvalue weighted by Gasteiger charge is -2.16. The van der Waals surface area contributed by atoms with Gasteiger partial charge >= 0.3 is 0 Å². The molecule has 0 bridgehead atoms. The molecule has 1 aliphatic rings. The molecule has 0 fully saturated rings. The minimum Gasteiger partial charge on any atom is -0.454 e. The molecule has 2 aromatic carbocycles. The number of carbonyl (C=O) groups is 1. The minimum absolute atomic E-state index is 0.0244. The molecule has 1 amide bonds. The van der Waals surface area contributed by atoms with Crippen molar-refractivity contribution in [1.82, 2.24) is 10.2 Å². The molecule has 29 heavy (non-hydrogen) atoms. The smallest absolute Gasteiger partial charge is 0.238 e. The van der Waals surface area contributed by atoms with Crippen LogP contribution in [0, 0.1) is 0 Å². The van der Waals surface area contributed by atoms with Crippen molar-refractivity contribution in [2.24, 2.45) is 5.14 Å². The zero-order valence-electron chi connectivity index (χ0n) is 16.3. The first-order chi connectivity index (χ1) is 13.8. The van der Waals surface area contributed by atoms with E-state index in [9.17, 15) is 13.2 Å². The van der Waals surface area contributed by atoms with Crippen LogP contribution in [0.25, 0.3) is 0 Å². The number of sulfonamides is 1. The monoisotopic (exact) mass is 419 g/mol. The van der Waals surface area contributed by atoms with E-state index in [4.69, 9.17) is 14.6 Å². The van der Waals surface area contributed by atoms with Gasteiger partial charge in [-0.1, -0.05) is 18.2 Å². The van der Waals surface area contributed by atoms with Crippen LogP contribution >= 0.6 is 0 Å². The maximum Gasteiger partial charge on any atom is 0.238 e. The quantitative estimate of drug-likeness (QED) is 0.633. The standard InChI is InChI=1S/C20H25N3O5S/c1-23(13-16-4-7-18-19(12-16)28-14-27-18)11-9-20(24)22-10-8-15-2-5-17(6-3-15)29(21,25)26/h2-7,12H,8-11,13-14H2,1H3,(H,22,24)(H2,21,25,26). The fourth-order valence-corrected chi connectivity index (χ4v) is 3.52. The van der Waals surface area contributed by atoms with Crippen LogP contribution in [0.3, 0.4) is 0 Å². The summed E-state index contributed by atoms with van der Waals surface area (Å²) in [6.07, 6.45) is 1.01. The number of nitrogens with one attached hydrogen (secondary N) is 1. The first-order valence-corrected chi connectivity index (χ1v) is 10.8. The Bertz CT molecular complexity index is 961. The van der Waals surface area contributed by atoms with Crippen molar-refractivity contribution in [2.45, 2.75) is 24.3 Å². The Morgan fingerprint density at radius 2 is 1.79 bits per heavy atom. The molecule has 1 aliphatic heterocycles. The summed E-state index contributed by atoms with van der Waals surface area (Å²) in [5.41, 5.74) is 2.03. The fraction of sp³-hybridized carbons (Fsp3) is 0.350. The van der Waals surface area contributed by atoms with Crippen LogP contribution in [0.5, 0.6) is 11.5 Å². The molecule has 8 nitrogen and oxygen atoms in total. The molecule has 9 heteroatoms. The molecule has 0 unspecified atom stereocenters. The van der Waals surface area contributed by atoms with Gasteiger partial charge in [-0.15, -0.1) is 0 Å². The van der Waals surface area contributed by atoms with E-state index in [1.54, 1.807) is 12.1 Å². The molecule has 0 radical (unpaired) electrons. The lowest BCUT2D eigenvalue weighted by Crippen LogP contribution is -2.30. The molecule has 156 valence electrons. The van der Waals surface area contributed by atoms with Gasteiger partial charge in [0.2, 0.25) is 22.7 Å². The van der Waals surface area contributed by atoms with E-state index in [1.807, 2.05) is 25.2 Å². The number of nitrogens with two attached hydrogens (primary N) is 1. The first-order valence-electron chi connectivity index (χ1n) is 9.27. The Morgan fingerprint density at radius 3 is 2.52 bits per heavy atom. The largest absolute Gasteiger partial charge is 0.454 e. The number of benzene rings is 2. The average Bonchev–Trinajstić information content (AvgIpc) is 3.14. The van der Waals surface area contributed by atoms with E-state index in [1.165, 1.54) is 12.1 Å². The van der Waals surface area contributed by atoms with Crippen LogP contribution in [0.4, 0.5) is 0 Å². The second-order valence-electron chi connectivity index (χ2n) is 6.96. The highest BCUT2D eigenvalue weighted by Crippen LogP contribution is 2.32. The van der Waals surface area contributed by atoms with Gasteiger partial charge in [-0.25, -0.2) is 13.6 Å². The van der Waals surface area contributed by atoms with Crippen molar-refractivity contribution < 1.29 is 22.7 Å². The van der Waals surface area contributed by atoms with Crippen LogP contribution in [-0.2, 0) is 27.8 Å². The summed E-state index contributed by atoms with van der Waals surface area (Å²) in [6, 6.07) is 12.2. The molecule has 0 aromatic heterocycles. The summed E-state index contributed by atoms with van der Waals surface area (Å²) < 4.78 is 33.2. The van der Waals surface area contributed by atoms with Crippen LogP contribution in [0.1, 0.15) is 17.5 Å². The number of hydrogen-bond acceptors (Lipinski definition) is 6. The van der Waals surface area contributed by atoms with Crippen molar-refractivity contribution in [1.29, 1.82) is 0 Å². The van der Waals surface area contributed by atoms with Gasteiger partial charge in [0.15, 0.2) is 11.5 Å². The molecule has 0 saturated carbocycles. The van der Waals surface area contributed by atoms with Crippen molar-refractivity contribution >= 4 is 15.9 Å². The lowest BCUT2D eigenvalue weighted by molar-refractivity contribution is -0.121. The zero-order valence-corrected chi connectivity index (χ0v) is 17.1. The second-order valence-corrected chi connectivity index (χ2v) is 8.53. The topological polar surface area (TPSA) is 111 Å². The zero-order chi connectivity index (χ0) is 20.9. The molecule has 3 rings (SSSR count). The van der Waals surface area contributed by atoms with Gasteiger partial charge in [0.25, 0.3) is 0 Å². The van der Waals surface area contributed by atoms with Crippen LogP contribution < -0.4 is 19.9 Å². The van der Waals surface area contributed by atoms with Crippen molar-refractivity contribution in [3.63, 3.8) is 0 Å². The first kappa shape index (κ1) is 21.1. The number of ether oxygens (including phenoxy) is 2. The van der Waals surface area contributed by atoms with Crippen molar-refractivity contribution in [3.05, 3.63) is 53.6 Å². The molecular weight excluding hydrogens is 394 g/mol. The Balaban J connectivity index is 1.36. The molecule has 3 N–H and O–H groups in total. The number of amides is 1. The van der Waals surface area contributed by atoms with E-state index in [0.717, 1.165) is 22.6 Å². The number of carbonyl (C=O) groups excluding carboxylic acids is 1. The second kappa shape index (κ2) is 9.25. The highest BCUT2D eigenvalue weighted by Gasteiger charge is 2.14. The van der Waals surface area contributed by atoms with Gasteiger partial charge in [-0.2, -0.15) is 0 Å². The number of rotatable bonds is 9. The minimum atomic E-state index is -3.68. The normalized spacial score (nSPS) is 12.9. The Morgan fingerprint density at radius 1 is 1.10 bits per heavy atom. The summed E-state index contributed by atoms with van der Waals surface area (Å²) in [4.78, 5) is 14.2. The molecule has 2 aromatic rings. The van der Waals surface area contributed by atoms with E-state index in [2.05, 4.69) is 10.2 Å². The Hall–Kier alpha value is -2.62. The van der Waals surface area contributed by atoms with Gasteiger partial charge in [0.05, 0.1) is 4.90 Å². The van der Waals surface area contributed by atoms with Gasteiger partial charge in [0, 0.05) is 26.1 Å². The average molecular weight is 420 g/mol. The highest BCUT2D eigenvalue weighted by molar-refractivity contribution is 7.89. The van der Waals surface area contributed by atoms with Crippen LogP contribution in [-0.4, -0.2) is 46.2 Å². The van der Waals surface area contributed by atoms with Gasteiger partial charge in [-0.3, -0.25) is 4.79 Å². The third-order valence-electron chi connectivity index (χ3n) is 4.60. The predicted molar refractivity (Wildman–Crippen MR) is 108 cm³/mol. The van der Waals surface area contributed by atoms with Crippen molar-refractivity contribution in [3.8, 4) is 11.5 Å². The summed E-state index contributed by atoms with van der Waals surface area (Å²) in [5.74, 6) is 1.49. The third kappa shape index (κ3) is 6.18. The van der Waals surface area contributed by atoms with Gasteiger partial charge in [0.1, 0.15) is 0 Å². The van der Waals surface area contributed by atoms with E-state index < -0.39 is 10.0 Å². The maximum absolute atomic E-state index is 12.1.